The van der Waals surface area contributed by atoms with Crippen molar-refractivity contribution in [1.29, 1.82) is 0 Å². The van der Waals surface area contributed by atoms with E-state index >= 15 is 0 Å². The molecule has 0 radical (unpaired) electrons. The summed E-state index contributed by atoms with van der Waals surface area (Å²) in [4.78, 5) is 0. The highest BCUT2D eigenvalue weighted by Gasteiger charge is 2.80. The van der Waals surface area contributed by atoms with E-state index in [1.54, 1.807) is 0 Å². The Bertz CT molecular complexity index is 848. The van der Waals surface area contributed by atoms with Gasteiger partial charge in [0, 0.05) is 5.41 Å². The lowest BCUT2D eigenvalue weighted by atomic mass is 9.33. The summed E-state index contributed by atoms with van der Waals surface area (Å²) in [6.45, 7) is 19.0. The molecule has 4 rings (SSSR count). The molecule has 0 amide bonds. The predicted molar refractivity (Wildman–Crippen MR) is 138 cm³/mol. The summed E-state index contributed by atoms with van der Waals surface area (Å²) in [5.41, 5.74) is -0.819. The van der Waals surface area contributed by atoms with Gasteiger partial charge in [0.2, 0.25) is 11.6 Å². The van der Waals surface area contributed by atoms with Crippen molar-refractivity contribution in [3.05, 3.63) is 12.2 Å². The van der Waals surface area contributed by atoms with Crippen LogP contribution in [0.4, 0.5) is 0 Å². The Morgan fingerprint density at radius 3 is 2.09 bits per heavy atom. The number of aliphatic hydroxyl groups is 5. The lowest BCUT2D eigenvalue weighted by molar-refractivity contribution is -0.480. The maximum absolute atomic E-state index is 11.5. The van der Waals surface area contributed by atoms with E-state index in [0.717, 1.165) is 38.5 Å². The summed E-state index contributed by atoms with van der Waals surface area (Å²) in [7, 11) is 0. The number of aliphatic hydroxyl groups excluding tert-OH is 1. The van der Waals surface area contributed by atoms with E-state index in [4.69, 9.17) is 0 Å². The third kappa shape index (κ3) is 3.37. The van der Waals surface area contributed by atoms with E-state index in [-0.39, 0.29) is 22.7 Å². The van der Waals surface area contributed by atoms with Gasteiger partial charge in [-0.15, -0.1) is 6.58 Å². The summed E-state index contributed by atoms with van der Waals surface area (Å²) >= 11 is 0. The summed E-state index contributed by atoms with van der Waals surface area (Å²) < 4.78 is 0. The molecule has 0 bridgehead atoms. The molecule has 4 aliphatic carbocycles. The van der Waals surface area contributed by atoms with Crippen LogP contribution in [0.15, 0.2) is 12.2 Å². The maximum atomic E-state index is 11.5. The molecule has 0 aliphatic heterocycles. The fourth-order valence-electron chi connectivity index (χ4n) is 10.6. The molecule has 0 saturated heterocycles. The van der Waals surface area contributed by atoms with Crippen molar-refractivity contribution < 1.29 is 25.5 Å². The van der Waals surface area contributed by atoms with Crippen LogP contribution in [-0.4, -0.2) is 43.2 Å². The smallest absolute Gasteiger partial charge is 0.246 e. The Morgan fingerprint density at radius 1 is 0.886 bits per heavy atom. The zero-order valence-corrected chi connectivity index (χ0v) is 23.3. The summed E-state index contributed by atoms with van der Waals surface area (Å²) in [5, 5.41) is 55.8. The van der Waals surface area contributed by atoms with Crippen LogP contribution in [0.3, 0.4) is 0 Å². The van der Waals surface area contributed by atoms with Crippen molar-refractivity contribution in [3.63, 3.8) is 0 Å². The molecule has 5 N–H and O–H groups in total. The second-order valence-electron chi connectivity index (χ2n) is 14.6. The van der Waals surface area contributed by atoms with E-state index in [1.807, 2.05) is 20.8 Å². The Morgan fingerprint density at radius 2 is 1.49 bits per heavy atom. The number of rotatable bonds is 5. The van der Waals surface area contributed by atoms with Gasteiger partial charge in [-0.1, -0.05) is 53.5 Å². The van der Waals surface area contributed by atoms with E-state index < -0.39 is 28.5 Å². The van der Waals surface area contributed by atoms with Crippen molar-refractivity contribution in [1.82, 2.24) is 0 Å². The maximum Gasteiger partial charge on any atom is 0.246 e. The van der Waals surface area contributed by atoms with E-state index in [2.05, 4.69) is 34.3 Å². The fourth-order valence-corrected chi connectivity index (χ4v) is 10.6. The first-order chi connectivity index (χ1) is 15.9. The largest absolute Gasteiger partial charge is 0.387 e. The molecule has 4 saturated carbocycles. The summed E-state index contributed by atoms with van der Waals surface area (Å²) in [6.07, 6.45) is 7.83. The summed E-state index contributed by atoms with van der Waals surface area (Å²) in [5.74, 6) is -4.16. The molecular weight excluding hydrogens is 440 g/mol. The van der Waals surface area contributed by atoms with Crippen molar-refractivity contribution in [2.75, 3.05) is 0 Å². The molecule has 0 spiro atoms. The van der Waals surface area contributed by atoms with Gasteiger partial charge in [0.1, 0.15) is 6.10 Å². The molecule has 9 atom stereocenters. The fraction of sp³-hybridized carbons (Fsp3) is 0.933. The zero-order chi connectivity index (χ0) is 26.4. The monoisotopic (exact) mass is 492 g/mol. The first-order valence-electron chi connectivity index (χ1n) is 14.1. The number of allylic oxidation sites excluding steroid dienone is 1. The first-order valence-corrected chi connectivity index (χ1v) is 14.1. The standard InChI is InChI=1S/C30H52O5/c1-18(2)10-9-11-19(3)20-14-16-26(6)21(20)12-13-23-27(26,7)17-15-22-25(4,5)24(31)29(32,33)30(34,35)28(22,23)8/h19-24,31-35H,1,9-17H2,2-8H3/t19-,20+,21+,22-,23-,24?,26+,27+,28-/m0/s1. The van der Waals surface area contributed by atoms with Crippen molar-refractivity contribution in [2.45, 2.75) is 124 Å². The lowest BCUT2D eigenvalue weighted by Gasteiger charge is -2.73. The molecular formula is C30H52O5. The van der Waals surface area contributed by atoms with Gasteiger partial charge in [0.25, 0.3) is 0 Å². The van der Waals surface area contributed by atoms with Gasteiger partial charge in [-0.3, -0.25) is 0 Å². The molecule has 0 aromatic rings. The number of hydrogen-bond acceptors (Lipinski definition) is 5. The van der Waals surface area contributed by atoms with Gasteiger partial charge in [-0.2, -0.15) is 0 Å². The first kappa shape index (κ1) is 27.6. The second-order valence-corrected chi connectivity index (χ2v) is 14.6. The molecule has 0 aromatic heterocycles. The molecule has 4 aliphatic rings. The summed E-state index contributed by atoms with van der Waals surface area (Å²) in [6, 6.07) is 0. The highest BCUT2D eigenvalue weighted by molar-refractivity contribution is 5.23. The van der Waals surface area contributed by atoms with Crippen LogP contribution < -0.4 is 0 Å². The Hall–Kier alpha value is -0.460. The van der Waals surface area contributed by atoms with E-state index in [9.17, 15) is 25.5 Å². The Balaban J connectivity index is 1.69. The highest BCUT2D eigenvalue weighted by atomic mass is 16.6. The third-order valence-electron chi connectivity index (χ3n) is 12.8. The van der Waals surface area contributed by atoms with Gasteiger partial charge in [-0.25, -0.2) is 0 Å². The van der Waals surface area contributed by atoms with Crippen molar-refractivity contribution in [2.24, 2.45) is 51.2 Å². The van der Waals surface area contributed by atoms with Crippen molar-refractivity contribution >= 4 is 0 Å². The zero-order valence-electron chi connectivity index (χ0n) is 23.3. The van der Waals surface area contributed by atoms with Gasteiger partial charge in [0.15, 0.2) is 0 Å². The van der Waals surface area contributed by atoms with Crippen LogP contribution in [0.2, 0.25) is 0 Å². The van der Waals surface area contributed by atoms with Gasteiger partial charge < -0.3 is 25.5 Å². The molecule has 1 unspecified atom stereocenters. The lowest BCUT2D eigenvalue weighted by Crippen LogP contribution is -2.82. The average Bonchev–Trinajstić information content (AvgIpc) is 3.10. The molecule has 5 nitrogen and oxygen atoms in total. The van der Waals surface area contributed by atoms with Crippen LogP contribution in [0.1, 0.15) is 106 Å². The van der Waals surface area contributed by atoms with E-state index in [1.165, 1.54) is 24.8 Å². The second kappa shape index (κ2) is 8.27. The number of fused-ring (bicyclic) bond motifs is 5. The van der Waals surface area contributed by atoms with Gasteiger partial charge in [0.05, 0.1) is 0 Å². The number of hydrogen-bond donors (Lipinski definition) is 5. The highest BCUT2D eigenvalue weighted by Crippen LogP contribution is 2.77. The minimum Gasteiger partial charge on any atom is -0.387 e. The molecule has 202 valence electrons. The molecule has 0 aromatic carbocycles. The van der Waals surface area contributed by atoms with Crippen LogP contribution in [0.25, 0.3) is 0 Å². The normalized spacial score (nSPS) is 48.4. The topological polar surface area (TPSA) is 101 Å². The molecule has 4 fully saturated rings. The molecule has 0 heterocycles. The Labute approximate surface area is 213 Å². The van der Waals surface area contributed by atoms with Crippen molar-refractivity contribution in [3.8, 4) is 0 Å². The molecule has 35 heavy (non-hydrogen) atoms. The van der Waals surface area contributed by atoms with Crippen LogP contribution in [0, 0.1) is 51.2 Å². The van der Waals surface area contributed by atoms with Gasteiger partial charge in [-0.05, 0) is 104 Å². The third-order valence-corrected chi connectivity index (χ3v) is 12.8. The SMILES string of the molecule is C=C(C)CCC[C@H](C)[C@H]1CC[C@]2(C)[C@@H]1CC[C@@H]1[C@]3(C)[C@@H](CC[C@]12C)C(C)(C)C(O)C(O)(O)C3(O)O. The van der Waals surface area contributed by atoms with Gasteiger partial charge >= 0.3 is 0 Å². The van der Waals surface area contributed by atoms with E-state index in [0.29, 0.717) is 17.8 Å². The Kier molecular flexibility index (Phi) is 6.51. The van der Waals surface area contributed by atoms with Crippen LogP contribution in [0.5, 0.6) is 0 Å². The molecule has 5 heteroatoms. The minimum atomic E-state index is -2.99. The minimum absolute atomic E-state index is 0.0705. The van der Waals surface area contributed by atoms with Crippen LogP contribution >= 0.6 is 0 Å². The quantitative estimate of drug-likeness (QED) is 0.275. The predicted octanol–water partition coefficient (Wildman–Crippen LogP) is 5.00. The van der Waals surface area contributed by atoms with Crippen LogP contribution in [-0.2, 0) is 0 Å². The average molecular weight is 493 g/mol.